The van der Waals surface area contributed by atoms with Gasteiger partial charge in [0.15, 0.2) is 0 Å². The van der Waals surface area contributed by atoms with Crippen LogP contribution in [0.4, 0.5) is 11.9 Å². The van der Waals surface area contributed by atoms with Crippen LogP contribution in [-0.2, 0) is 11.2 Å². The van der Waals surface area contributed by atoms with Crippen LogP contribution >= 0.6 is 0 Å². The summed E-state index contributed by atoms with van der Waals surface area (Å²) in [7, 11) is 0. The first kappa shape index (κ1) is 12.0. The summed E-state index contributed by atoms with van der Waals surface area (Å²) >= 11 is 0. The van der Waals surface area contributed by atoms with Crippen molar-refractivity contribution in [1.29, 1.82) is 0 Å². The summed E-state index contributed by atoms with van der Waals surface area (Å²) in [5.74, 6) is 1.49. The van der Waals surface area contributed by atoms with Crippen LogP contribution in [0.1, 0.15) is 19.2 Å². The van der Waals surface area contributed by atoms with Gasteiger partial charge >= 0.3 is 0 Å². The van der Waals surface area contributed by atoms with Crippen molar-refractivity contribution in [1.82, 2.24) is 15.0 Å². The Bertz CT molecular complexity index is 368. The molecule has 7 nitrogen and oxygen atoms in total. The number of ether oxygens (including phenoxy) is 1. The van der Waals surface area contributed by atoms with Gasteiger partial charge in [-0.15, -0.1) is 0 Å². The molecule has 1 saturated heterocycles. The molecule has 0 aliphatic carbocycles. The molecule has 0 aromatic carbocycles. The Morgan fingerprint density at radius 1 is 1.29 bits per heavy atom. The van der Waals surface area contributed by atoms with Crippen molar-refractivity contribution in [3.63, 3.8) is 0 Å². The molecule has 17 heavy (non-hydrogen) atoms. The molecule has 1 aromatic rings. The predicted molar refractivity (Wildman–Crippen MR) is 62.3 cm³/mol. The summed E-state index contributed by atoms with van der Waals surface area (Å²) in [4.78, 5) is 14.7. The molecule has 2 rings (SSSR count). The Balaban J connectivity index is 2.21. The van der Waals surface area contributed by atoms with Crippen molar-refractivity contribution < 1.29 is 9.94 Å². The van der Waals surface area contributed by atoms with E-state index in [1.807, 2.05) is 10.4 Å². The molecule has 0 radical (unpaired) electrons. The van der Waals surface area contributed by atoms with Crippen molar-refractivity contribution in [2.75, 3.05) is 36.7 Å². The van der Waals surface area contributed by atoms with E-state index in [2.05, 4.69) is 21.9 Å². The predicted octanol–water partition coefficient (Wildman–Crippen LogP) is 0.462. The largest absolute Gasteiger partial charge is 0.378 e. The van der Waals surface area contributed by atoms with Gasteiger partial charge in [0.05, 0.1) is 13.2 Å². The van der Waals surface area contributed by atoms with Crippen molar-refractivity contribution in [3.8, 4) is 0 Å². The molecule has 0 saturated carbocycles. The number of aromatic nitrogens is 3. The zero-order valence-corrected chi connectivity index (χ0v) is 9.89. The second-order valence-corrected chi connectivity index (χ2v) is 3.84. The smallest absolute Gasteiger partial charge is 0.251 e. The fraction of sp³-hybridized carbons (Fsp3) is 0.700. The number of morpholine rings is 1. The number of anilines is 2. The third-order valence-electron chi connectivity index (χ3n) is 2.54. The second-order valence-electron chi connectivity index (χ2n) is 3.84. The highest BCUT2D eigenvalue weighted by atomic mass is 16.5. The summed E-state index contributed by atoms with van der Waals surface area (Å²) in [6.07, 6.45) is 1.73. The first-order valence-corrected chi connectivity index (χ1v) is 5.81. The summed E-state index contributed by atoms with van der Waals surface area (Å²) in [6.45, 7) is 4.94. The van der Waals surface area contributed by atoms with Gasteiger partial charge in [-0.3, -0.25) is 5.21 Å². The fourth-order valence-electron chi connectivity index (χ4n) is 1.70. The molecular formula is C10H17N5O2. The molecule has 2 heterocycles. The summed E-state index contributed by atoms with van der Waals surface area (Å²) in [6, 6.07) is 0. The Morgan fingerprint density at radius 2 is 2.06 bits per heavy atom. The number of hydrogen-bond donors (Lipinski definition) is 2. The molecule has 0 amide bonds. The fourth-order valence-corrected chi connectivity index (χ4v) is 1.70. The van der Waals surface area contributed by atoms with E-state index in [0.29, 0.717) is 25.0 Å². The van der Waals surface area contributed by atoms with Gasteiger partial charge in [0.2, 0.25) is 5.95 Å². The molecule has 0 spiro atoms. The first-order valence-electron chi connectivity index (χ1n) is 5.81. The third-order valence-corrected chi connectivity index (χ3v) is 2.54. The van der Waals surface area contributed by atoms with E-state index in [4.69, 9.17) is 9.94 Å². The standard InChI is InChI=1S/C10H17N5O2/c1-2-3-8-11-9(14-16)13-10(12-8)15-4-6-17-7-5-15/h16H,2-7H2,1H3,(H,11,12,13,14). The lowest BCUT2D eigenvalue weighted by atomic mass is 10.3. The quantitative estimate of drug-likeness (QED) is 0.738. The molecule has 1 aliphatic rings. The van der Waals surface area contributed by atoms with Gasteiger partial charge in [0.25, 0.3) is 5.95 Å². The van der Waals surface area contributed by atoms with Crippen LogP contribution in [0, 0.1) is 0 Å². The van der Waals surface area contributed by atoms with E-state index in [1.54, 1.807) is 0 Å². The number of aryl methyl sites for hydroxylation is 1. The Morgan fingerprint density at radius 3 is 2.71 bits per heavy atom. The van der Waals surface area contributed by atoms with Crippen LogP contribution in [0.25, 0.3) is 0 Å². The lowest BCUT2D eigenvalue weighted by molar-refractivity contribution is 0.122. The van der Waals surface area contributed by atoms with Crippen molar-refractivity contribution in [3.05, 3.63) is 5.82 Å². The van der Waals surface area contributed by atoms with Crippen LogP contribution in [0.3, 0.4) is 0 Å². The van der Waals surface area contributed by atoms with Gasteiger partial charge in [-0.2, -0.15) is 15.0 Å². The van der Waals surface area contributed by atoms with Crippen molar-refractivity contribution in [2.45, 2.75) is 19.8 Å². The van der Waals surface area contributed by atoms with Gasteiger partial charge < -0.3 is 9.64 Å². The van der Waals surface area contributed by atoms with E-state index in [9.17, 15) is 0 Å². The van der Waals surface area contributed by atoms with Gasteiger partial charge in [-0.1, -0.05) is 6.92 Å². The number of hydrogen-bond acceptors (Lipinski definition) is 7. The highest BCUT2D eigenvalue weighted by Crippen LogP contribution is 2.13. The zero-order chi connectivity index (χ0) is 12.1. The minimum atomic E-state index is 0.199. The normalized spacial score (nSPS) is 16.0. The summed E-state index contributed by atoms with van der Waals surface area (Å²) in [5.41, 5.74) is 1.99. The van der Waals surface area contributed by atoms with E-state index in [1.165, 1.54) is 0 Å². The number of nitrogens with one attached hydrogen (secondary N) is 1. The van der Waals surface area contributed by atoms with Crippen molar-refractivity contribution >= 4 is 11.9 Å². The summed E-state index contributed by atoms with van der Waals surface area (Å²) in [5, 5.41) is 8.91. The molecule has 1 fully saturated rings. The topological polar surface area (TPSA) is 83.4 Å². The Labute approximate surface area is 99.8 Å². The molecular weight excluding hydrogens is 222 g/mol. The van der Waals surface area contributed by atoms with Crippen LogP contribution in [-0.4, -0.2) is 46.5 Å². The maximum absolute atomic E-state index is 8.91. The average molecular weight is 239 g/mol. The van der Waals surface area contributed by atoms with Gasteiger partial charge in [0.1, 0.15) is 5.82 Å². The van der Waals surface area contributed by atoms with E-state index >= 15 is 0 Å². The Hall–Kier alpha value is -1.47. The number of rotatable bonds is 4. The maximum atomic E-state index is 8.91. The van der Waals surface area contributed by atoms with Crippen LogP contribution in [0.2, 0.25) is 0 Å². The molecule has 0 unspecified atom stereocenters. The zero-order valence-electron chi connectivity index (χ0n) is 9.89. The maximum Gasteiger partial charge on any atom is 0.251 e. The van der Waals surface area contributed by atoms with Crippen LogP contribution in [0.15, 0.2) is 0 Å². The lowest BCUT2D eigenvalue weighted by Crippen LogP contribution is -2.37. The monoisotopic (exact) mass is 239 g/mol. The first-order chi connectivity index (χ1) is 8.33. The van der Waals surface area contributed by atoms with E-state index in [-0.39, 0.29) is 5.95 Å². The highest BCUT2D eigenvalue weighted by Gasteiger charge is 2.16. The molecule has 1 aromatic heterocycles. The number of nitrogens with zero attached hydrogens (tertiary/aromatic N) is 4. The molecule has 0 atom stereocenters. The minimum absolute atomic E-state index is 0.199. The van der Waals surface area contributed by atoms with Gasteiger partial charge in [-0.25, -0.2) is 5.48 Å². The summed E-state index contributed by atoms with van der Waals surface area (Å²) < 4.78 is 5.28. The SMILES string of the molecule is CCCc1nc(NO)nc(N2CCOCC2)n1. The Kier molecular flexibility index (Phi) is 4.05. The average Bonchev–Trinajstić information content (AvgIpc) is 2.40. The molecule has 7 heteroatoms. The van der Waals surface area contributed by atoms with Gasteiger partial charge in [0, 0.05) is 19.5 Å². The van der Waals surface area contributed by atoms with E-state index < -0.39 is 0 Å². The highest BCUT2D eigenvalue weighted by molar-refractivity contribution is 5.36. The van der Waals surface area contributed by atoms with Gasteiger partial charge in [-0.05, 0) is 6.42 Å². The molecule has 1 aliphatic heterocycles. The molecule has 0 bridgehead atoms. The second kappa shape index (κ2) is 5.74. The van der Waals surface area contributed by atoms with Crippen molar-refractivity contribution in [2.24, 2.45) is 0 Å². The molecule has 94 valence electrons. The minimum Gasteiger partial charge on any atom is -0.378 e. The van der Waals surface area contributed by atoms with Crippen LogP contribution < -0.4 is 10.4 Å². The third kappa shape index (κ3) is 3.01. The molecule has 2 N–H and O–H groups in total. The van der Waals surface area contributed by atoms with E-state index in [0.717, 1.165) is 25.9 Å². The lowest BCUT2D eigenvalue weighted by Gasteiger charge is -2.26. The van der Waals surface area contributed by atoms with Crippen LogP contribution in [0.5, 0.6) is 0 Å².